The molecule has 0 rings (SSSR count). The lowest BCUT2D eigenvalue weighted by molar-refractivity contribution is 0.215. The Balaban J connectivity index is 3.74. The standard InChI is InChI=1S/C13H28O/c1-10(2)8-11(3)9-13(5)12(4)6-7-14/h10-14H,6-9H2,1-5H3. The van der Waals surface area contributed by atoms with Gasteiger partial charge in [-0.1, -0.05) is 34.6 Å². The Hall–Kier alpha value is -0.0400. The number of hydrogen-bond acceptors (Lipinski definition) is 1. The van der Waals surface area contributed by atoms with E-state index in [1.807, 2.05) is 0 Å². The number of hydrogen-bond donors (Lipinski definition) is 1. The second kappa shape index (κ2) is 7.28. The van der Waals surface area contributed by atoms with Gasteiger partial charge in [-0.05, 0) is 42.9 Å². The van der Waals surface area contributed by atoms with Crippen LogP contribution in [-0.4, -0.2) is 11.7 Å². The van der Waals surface area contributed by atoms with Gasteiger partial charge < -0.3 is 5.11 Å². The molecule has 3 unspecified atom stereocenters. The SMILES string of the molecule is CC(C)CC(C)CC(C)C(C)CCO. The van der Waals surface area contributed by atoms with Gasteiger partial charge in [0.05, 0.1) is 0 Å². The first kappa shape index (κ1) is 14.0. The Morgan fingerprint density at radius 3 is 1.86 bits per heavy atom. The molecule has 0 heterocycles. The molecule has 0 aliphatic heterocycles. The number of aliphatic hydroxyl groups is 1. The van der Waals surface area contributed by atoms with E-state index in [1.54, 1.807) is 0 Å². The molecule has 0 aromatic carbocycles. The Morgan fingerprint density at radius 1 is 0.857 bits per heavy atom. The van der Waals surface area contributed by atoms with E-state index in [4.69, 9.17) is 5.11 Å². The monoisotopic (exact) mass is 200 g/mol. The van der Waals surface area contributed by atoms with Gasteiger partial charge in [-0.25, -0.2) is 0 Å². The van der Waals surface area contributed by atoms with E-state index in [-0.39, 0.29) is 0 Å². The predicted octanol–water partition coefficient (Wildman–Crippen LogP) is 3.71. The first-order valence-electron chi connectivity index (χ1n) is 6.08. The van der Waals surface area contributed by atoms with Crippen molar-refractivity contribution in [3.63, 3.8) is 0 Å². The second-order valence-corrected chi connectivity index (χ2v) is 5.44. The van der Waals surface area contributed by atoms with Crippen molar-refractivity contribution in [3.8, 4) is 0 Å². The molecule has 0 bridgehead atoms. The Labute approximate surface area is 89.9 Å². The molecule has 0 saturated heterocycles. The van der Waals surface area contributed by atoms with Crippen molar-refractivity contribution in [2.24, 2.45) is 23.7 Å². The molecule has 1 N–H and O–H groups in total. The van der Waals surface area contributed by atoms with Crippen molar-refractivity contribution in [1.29, 1.82) is 0 Å². The zero-order valence-corrected chi connectivity index (χ0v) is 10.6. The Bertz CT molecular complexity index is 131. The summed E-state index contributed by atoms with van der Waals surface area (Å²) in [6.45, 7) is 11.8. The van der Waals surface area contributed by atoms with Gasteiger partial charge in [0.15, 0.2) is 0 Å². The summed E-state index contributed by atoms with van der Waals surface area (Å²) in [5.41, 5.74) is 0. The van der Waals surface area contributed by atoms with E-state index < -0.39 is 0 Å². The van der Waals surface area contributed by atoms with Crippen LogP contribution in [-0.2, 0) is 0 Å². The Morgan fingerprint density at radius 2 is 1.43 bits per heavy atom. The third-order valence-electron chi connectivity index (χ3n) is 3.20. The van der Waals surface area contributed by atoms with Crippen LogP contribution in [0.3, 0.4) is 0 Å². The molecule has 0 spiro atoms. The zero-order valence-electron chi connectivity index (χ0n) is 10.6. The molecule has 86 valence electrons. The molecule has 0 aliphatic rings. The van der Waals surface area contributed by atoms with E-state index in [1.165, 1.54) is 12.8 Å². The van der Waals surface area contributed by atoms with Crippen molar-refractivity contribution >= 4 is 0 Å². The van der Waals surface area contributed by atoms with Crippen molar-refractivity contribution < 1.29 is 5.11 Å². The minimum atomic E-state index is 0.337. The topological polar surface area (TPSA) is 20.2 Å². The van der Waals surface area contributed by atoms with Crippen LogP contribution >= 0.6 is 0 Å². The summed E-state index contributed by atoms with van der Waals surface area (Å²) in [6, 6.07) is 0. The molecular weight excluding hydrogens is 172 g/mol. The van der Waals surface area contributed by atoms with Gasteiger partial charge in [-0.15, -0.1) is 0 Å². The summed E-state index contributed by atoms with van der Waals surface area (Å²) in [6.07, 6.45) is 3.59. The van der Waals surface area contributed by atoms with E-state index >= 15 is 0 Å². The zero-order chi connectivity index (χ0) is 11.1. The van der Waals surface area contributed by atoms with Crippen molar-refractivity contribution in [3.05, 3.63) is 0 Å². The van der Waals surface area contributed by atoms with Crippen molar-refractivity contribution in [1.82, 2.24) is 0 Å². The predicted molar refractivity (Wildman–Crippen MR) is 63.3 cm³/mol. The maximum absolute atomic E-state index is 8.87. The summed E-state index contributed by atoms with van der Waals surface area (Å²) < 4.78 is 0. The molecule has 0 radical (unpaired) electrons. The van der Waals surface area contributed by atoms with E-state index in [2.05, 4.69) is 34.6 Å². The van der Waals surface area contributed by atoms with Crippen LogP contribution in [0.2, 0.25) is 0 Å². The van der Waals surface area contributed by atoms with Gasteiger partial charge in [0, 0.05) is 6.61 Å². The van der Waals surface area contributed by atoms with Gasteiger partial charge in [0.1, 0.15) is 0 Å². The lowest BCUT2D eigenvalue weighted by Gasteiger charge is -2.23. The van der Waals surface area contributed by atoms with E-state index in [0.717, 1.165) is 24.2 Å². The van der Waals surface area contributed by atoms with Crippen LogP contribution in [0.5, 0.6) is 0 Å². The number of rotatable bonds is 7. The smallest absolute Gasteiger partial charge is 0.0433 e. The molecule has 0 aromatic rings. The maximum atomic E-state index is 8.87. The van der Waals surface area contributed by atoms with Crippen LogP contribution in [0.15, 0.2) is 0 Å². The molecule has 0 fully saturated rings. The highest BCUT2D eigenvalue weighted by Crippen LogP contribution is 2.25. The third-order valence-corrected chi connectivity index (χ3v) is 3.20. The molecular formula is C13H28O. The Kier molecular flexibility index (Phi) is 7.26. The fourth-order valence-corrected chi connectivity index (χ4v) is 2.26. The minimum Gasteiger partial charge on any atom is -0.396 e. The molecule has 1 nitrogen and oxygen atoms in total. The molecule has 3 atom stereocenters. The molecule has 0 amide bonds. The van der Waals surface area contributed by atoms with Crippen LogP contribution < -0.4 is 0 Å². The van der Waals surface area contributed by atoms with Gasteiger partial charge in [-0.3, -0.25) is 0 Å². The molecule has 0 aliphatic carbocycles. The largest absolute Gasteiger partial charge is 0.396 e. The van der Waals surface area contributed by atoms with Crippen molar-refractivity contribution in [2.45, 2.75) is 53.9 Å². The normalized spacial score (nSPS) is 18.2. The average molecular weight is 200 g/mol. The van der Waals surface area contributed by atoms with Crippen LogP contribution in [0, 0.1) is 23.7 Å². The van der Waals surface area contributed by atoms with Crippen LogP contribution in [0.4, 0.5) is 0 Å². The van der Waals surface area contributed by atoms with Gasteiger partial charge in [0.25, 0.3) is 0 Å². The van der Waals surface area contributed by atoms with Crippen LogP contribution in [0.1, 0.15) is 53.9 Å². The highest BCUT2D eigenvalue weighted by molar-refractivity contribution is 4.66. The lowest BCUT2D eigenvalue weighted by atomic mass is 9.83. The summed E-state index contributed by atoms with van der Waals surface area (Å²) in [5.74, 6) is 3.04. The second-order valence-electron chi connectivity index (χ2n) is 5.44. The average Bonchev–Trinajstić information content (AvgIpc) is 2.02. The molecule has 14 heavy (non-hydrogen) atoms. The highest BCUT2D eigenvalue weighted by Gasteiger charge is 2.15. The minimum absolute atomic E-state index is 0.337. The maximum Gasteiger partial charge on any atom is 0.0433 e. The summed E-state index contributed by atoms with van der Waals surface area (Å²) in [4.78, 5) is 0. The summed E-state index contributed by atoms with van der Waals surface area (Å²) >= 11 is 0. The van der Waals surface area contributed by atoms with Crippen LogP contribution in [0.25, 0.3) is 0 Å². The fourth-order valence-electron chi connectivity index (χ4n) is 2.26. The van der Waals surface area contributed by atoms with Gasteiger partial charge in [0.2, 0.25) is 0 Å². The van der Waals surface area contributed by atoms with Gasteiger partial charge >= 0.3 is 0 Å². The summed E-state index contributed by atoms with van der Waals surface area (Å²) in [7, 11) is 0. The number of aliphatic hydroxyl groups excluding tert-OH is 1. The molecule has 1 heteroatoms. The first-order chi connectivity index (χ1) is 6.47. The highest BCUT2D eigenvalue weighted by atomic mass is 16.3. The molecule has 0 saturated carbocycles. The molecule has 0 aromatic heterocycles. The quantitative estimate of drug-likeness (QED) is 0.664. The van der Waals surface area contributed by atoms with Crippen molar-refractivity contribution in [2.75, 3.05) is 6.61 Å². The third kappa shape index (κ3) is 6.42. The fraction of sp³-hybridized carbons (Fsp3) is 1.00. The lowest BCUT2D eigenvalue weighted by Crippen LogP contribution is -2.14. The first-order valence-corrected chi connectivity index (χ1v) is 6.08. The van der Waals surface area contributed by atoms with E-state index in [0.29, 0.717) is 12.5 Å². The van der Waals surface area contributed by atoms with Gasteiger partial charge in [-0.2, -0.15) is 0 Å². The summed E-state index contributed by atoms with van der Waals surface area (Å²) in [5, 5.41) is 8.87. The van der Waals surface area contributed by atoms with E-state index in [9.17, 15) is 0 Å².